The van der Waals surface area contributed by atoms with Gasteiger partial charge in [-0.3, -0.25) is 0 Å². The molecule has 0 saturated heterocycles. The summed E-state index contributed by atoms with van der Waals surface area (Å²) in [4.78, 5) is 15.6. The maximum absolute atomic E-state index is 11.3. The lowest BCUT2D eigenvalue weighted by atomic mass is 10.1. The molecular formula is C14H16N2O2. The van der Waals surface area contributed by atoms with Gasteiger partial charge in [-0.15, -0.1) is 0 Å². The van der Waals surface area contributed by atoms with Gasteiger partial charge < -0.3 is 9.30 Å². The molecule has 0 aliphatic rings. The average Bonchev–Trinajstić information content (AvgIpc) is 2.86. The Morgan fingerprint density at radius 2 is 2.06 bits per heavy atom. The largest absolute Gasteiger partial charge is 0.465 e. The first-order valence-electron chi connectivity index (χ1n) is 5.92. The molecule has 0 aliphatic carbocycles. The highest BCUT2D eigenvalue weighted by Gasteiger charge is 2.05. The van der Waals surface area contributed by atoms with Crippen LogP contribution in [0.5, 0.6) is 0 Å². The van der Waals surface area contributed by atoms with E-state index in [0.29, 0.717) is 5.56 Å². The number of aryl methyl sites for hydroxylation is 1. The predicted molar refractivity (Wildman–Crippen MR) is 68.5 cm³/mol. The van der Waals surface area contributed by atoms with Crippen LogP contribution in [-0.2, 0) is 17.7 Å². The molecule has 0 unspecified atom stereocenters. The third-order valence-electron chi connectivity index (χ3n) is 2.85. The van der Waals surface area contributed by atoms with Crippen LogP contribution in [0.15, 0.2) is 36.7 Å². The van der Waals surface area contributed by atoms with E-state index in [1.165, 1.54) is 7.11 Å². The van der Waals surface area contributed by atoms with Crippen molar-refractivity contribution in [2.24, 2.45) is 0 Å². The SMILES string of the molecule is CCc1nccn1Cc1ccc(C(=O)OC)cc1. The van der Waals surface area contributed by atoms with Gasteiger partial charge in [0.1, 0.15) is 5.82 Å². The minimum Gasteiger partial charge on any atom is -0.465 e. The maximum atomic E-state index is 11.3. The highest BCUT2D eigenvalue weighted by atomic mass is 16.5. The van der Waals surface area contributed by atoms with Crippen LogP contribution in [-0.4, -0.2) is 22.6 Å². The van der Waals surface area contributed by atoms with E-state index in [4.69, 9.17) is 0 Å². The van der Waals surface area contributed by atoms with Gasteiger partial charge in [-0.25, -0.2) is 9.78 Å². The molecule has 0 bridgehead atoms. The summed E-state index contributed by atoms with van der Waals surface area (Å²) >= 11 is 0. The Balaban J connectivity index is 2.13. The van der Waals surface area contributed by atoms with Crippen LogP contribution in [0.25, 0.3) is 0 Å². The number of carbonyl (C=O) groups excluding carboxylic acids is 1. The molecule has 18 heavy (non-hydrogen) atoms. The number of benzene rings is 1. The van der Waals surface area contributed by atoms with Crippen LogP contribution >= 0.6 is 0 Å². The summed E-state index contributed by atoms with van der Waals surface area (Å²) < 4.78 is 6.77. The lowest BCUT2D eigenvalue weighted by molar-refractivity contribution is 0.0600. The molecule has 0 amide bonds. The number of nitrogens with zero attached hydrogens (tertiary/aromatic N) is 2. The molecule has 0 spiro atoms. The number of hydrogen-bond donors (Lipinski definition) is 0. The molecule has 1 heterocycles. The zero-order chi connectivity index (χ0) is 13.0. The first kappa shape index (κ1) is 12.4. The van der Waals surface area contributed by atoms with Crippen molar-refractivity contribution in [1.29, 1.82) is 0 Å². The normalized spacial score (nSPS) is 10.3. The first-order valence-corrected chi connectivity index (χ1v) is 5.92. The molecule has 0 aliphatic heterocycles. The summed E-state index contributed by atoms with van der Waals surface area (Å²) in [5, 5.41) is 0. The summed E-state index contributed by atoms with van der Waals surface area (Å²) in [7, 11) is 1.38. The lowest BCUT2D eigenvalue weighted by Gasteiger charge is -2.07. The van der Waals surface area contributed by atoms with E-state index in [0.717, 1.165) is 24.4 Å². The zero-order valence-electron chi connectivity index (χ0n) is 10.6. The number of imidazole rings is 1. The Kier molecular flexibility index (Phi) is 3.77. The summed E-state index contributed by atoms with van der Waals surface area (Å²) in [5.74, 6) is 0.755. The highest BCUT2D eigenvalue weighted by molar-refractivity contribution is 5.89. The molecule has 1 aromatic carbocycles. The molecular weight excluding hydrogens is 228 g/mol. The van der Waals surface area contributed by atoms with Crippen molar-refractivity contribution in [3.8, 4) is 0 Å². The Morgan fingerprint density at radius 1 is 1.33 bits per heavy atom. The third-order valence-corrected chi connectivity index (χ3v) is 2.85. The van der Waals surface area contributed by atoms with Crippen LogP contribution in [0, 0.1) is 0 Å². The van der Waals surface area contributed by atoms with E-state index in [1.807, 2.05) is 24.5 Å². The van der Waals surface area contributed by atoms with Crippen LogP contribution < -0.4 is 0 Å². The quantitative estimate of drug-likeness (QED) is 0.775. The van der Waals surface area contributed by atoms with Gasteiger partial charge in [-0.05, 0) is 17.7 Å². The summed E-state index contributed by atoms with van der Waals surface area (Å²) in [6.45, 7) is 2.85. The molecule has 0 N–H and O–H groups in total. The standard InChI is InChI=1S/C14H16N2O2/c1-3-13-15-8-9-16(13)10-11-4-6-12(7-5-11)14(17)18-2/h4-9H,3,10H2,1-2H3. The zero-order valence-corrected chi connectivity index (χ0v) is 10.6. The molecule has 0 fully saturated rings. The molecule has 0 atom stereocenters. The number of ether oxygens (including phenoxy) is 1. The van der Waals surface area contributed by atoms with Crippen molar-refractivity contribution in [3.63, 3.8) is 0 Å². The van der Waals surface area contributed by atoms with E-state index in [2.05, 4.69) is 21.2 Å². The number of esters is 1. The lowest BCUT2D eigenvalue weighted by Crippen LogP contribution is -2.05. The molecule has 0 saturated carbocycles. The Morgan fingerprint density at radius 3 is 2.67 bits per heavy atom. The molecule has 94 valence electrons. The smallest absolute Gasteiger partial charge is 0.337 e. The second-order valence-electron chi connectivity index (χ2n) is 4.01. The predicted octanol–water partition coefficient (Wildman–Crippen LogP) is 2.28. The number of hydrogen-bond acceptors (Lipinski definition) is 3. The summed E-state index contributed by atoms with van der Waals surface area (Å²) in [5.41, 5.74) is 1.71. The van der Waals surface area contributed by atoms with Crippen LogP contribution in [0.2, 0.25) is 0 Å². The molecule has 0 radical (unpaired) electrons. The van der Waals surface area contributed by atoms with Gasteiger partial charge in [-0.1, -0.05) is 19.1 Å². The maximum Gasteiger partial charge on any atom is 0.337 e. The first-order chi connectivity index (χ1) is 8.74. The van der Waals surface area contributed by atoms with Gasteiger partial charge in [0.05, 0.1) is 12.7 Å². The van der Waals surface area contributed by atoms with Crippen LogP contribution in [0.1, 0.15) is 28.7 Å². The van der Waals surface area contributed by atoms with Gasteiger partial charge in [0.2, 0.25) is 0 Å². The van der Waals surface area contributed by atoms with Crippen molar-refractivity contribution < 1.29 is 9.53 Å². The second-order valence-corrected chi connectivity index (χ2v) is 4.01. The van der Waals surface area contributed by atoms with Crippen molar-refractivity contribution in [3.05, 3.63) is 53.6 Å². The fourth-order valence-electron chi connectivity index (χ4n) is 1.86. The third kappa shape index (κ3) is 2.59. The summed E-state index contributed by atoms with van der Waals surface area (Å²) in [6.07, 6.45) is 4.68. The van der Waals surface area contributed by atoms with Crippen molar-refractivity contribution in [2.45, 2.75) is 19.9 Å². The molecule has 2 aromatic rings. The van der Waals surface area contributed by atoms with E-state index < -0.39 is 0 Å². The monoisotopic (exact) mass is 244 g/mol. The van der Waals surface area contributed by atoms with E-state index in [-0.39, 0.29) is 5.97 Å². The summed E-state index contributed by atoms with van der Waals surface area (Å²) in [6, 6.07) is 7.44. The number of rotatable bonds is 4. The molecule has 4 heteroatoms. The minimum absolute atomic E-state index is 0.307. The van der Waals surface area contributed by atoms with Crippen molar-refractivity contribution in [1.82, 2.24) is 9.55 Å². The van der Waals surface area contributed by atoms with Gasteiger partial charge >= 0.3 is 5.97 Å². The van der Waals surface area contributed by atoms with Gasteiger partial charge in [0, 0.05) is 25.4 Å². The van der Waals surface area contributed by atoms with Gasteiger partial charge in [0.25, 0.3) is 0 Å². The van der Waals surface area contributed by atoms with Crippen molar-refractivity contribution in [2.75, 3.05) is 7.11 Å². The average molecular weight is 244 g/mol. The Bertz CT molecular complexity index is 529. The van der Waals surface area contributed by atoms with Gasteiger partial charge in [0.15, 0.2) is 0 Å². The fourth-order valence-corrected chi connectivity index (χ4v) is 1.86. The number of aromatic nitrogens is 2. The highest BCUT2D eigenvalue weighted by Crippen LogP contribution is 2.09. The fraction of sp³-hybridized carbons (Fsp3) is 0.286. The van der Waals surface area contributed by atoms with Crippen molar-refractivity contribution >= 4 is 5.97 Å². The van der Waals surface area contributed by atoms with E-state index in [1.54, 1.807) is 12.1 Å². The molecule has 1 aromatic heterocycles. The second kappa shape index (κ2) is 5.49. The molecule has 4 nitrogen and oxygen atoms in total. The Hall–Kier alpha value is -2.10. The van der Waals surface area contributed by atoms with Crippen LogP contribution in [0.3, 0.4) is 0 Å². The number of carbonyl (C=O) groups is 1. The van der Waals surface area contributed by atoms with Crippen LogP contribution in [0.4, 0.5) is 0 Å². The molecule has 2 rings (SSSR count). The minimum atomic E-state index is -0.307. The topological polar surface area (TPSA) is 44.1 Å². The van der Waals surface area contributed by atoms with E-state index >= 15 is 0 Å². The van der Waals surface area contributed by atoms with Gasteiger partial charge in [-0.2, -0.15) is 0 Å². The number of methoxy groups -OCH3 is 1. The Labute approximate surface area is 106 Å². The van der Waals surface area contributed by atoms with E-state index in [9.17, 15) is 4.79 Å².